The molecule has 1 N–H and O–H groups in total. The number of rotatable bonds is 5. The van der Waals surface area contributed by atoms with E-state index < -0.39 is 6.04 Å². The Kier molecular flexibility index (Phi) is 4.51. The number of likely N-dealkylation sites (tertiary alicyclic amines) is 1. The molecule has 7 atom stereocenters. The van der Waals surface area contributed by atoms with Gasteiger partial charge in [-0.15, -0.1) is 0 Å². The van der Waals surface area contributed by atoms with Crippen molar-refractivity contribution in [2.24, 2.45) is 35.5 Å². The smallest absolute Gasteiger partial charge is 0.248 e. The minimum atomic E-state index is -0.894. The monoisotopic (exact) mass is 446 g/mol. The average Bonchev–Trinajstić information content (AvgIpc) is 3.58. The van der Waals surface area contributed by atoms with Crippen LogP contribution in [0.4, 0.5) is 5.69 Å². The van der Waals surface area contributed by atoms with E-state index in [1.807, 2.05) is 30.3 Å². The molecule has 3 amide bonds. The predicted molar refractivity (Wildman–Crippen MR) is 121 cm³/mol. The number of nitrogens with one attached hydrogen (secondary N) is 1. The summed E-state index contributed by atoms with van der Waals surface area (Å²) in [6.07, 6.45) is 5.69. The van der Waals surface area contributed by atoms with Crippen LogP contribution < -0.4 is 5.32 Å². The van der Waals surface area contributed by atoms with Gasteiger partial charge in [0.1, 0.15) is 6.04 Å². The summed E-state index contributed by atoms with van der Waals surface area (Å²) in [5.41, 5.74) is 1.49. The second-order valence-corrected chi connectivity index (χ2v) is 9.84. The van der Waals surface area contributed by atoms with E-state index in [0.717, 1.165) is 12.0 Å². The summed E-state index contributed by atoms with van der Waals surface area (Å²) in [6.45, 7) is 0. The minimum Gasteiger partial charge on any atom is -0.324 e. The molecule has 7 rings (SSSR count). The first kappa shape index (κ1) is 19.7. The molecule has 5 aliphatic rings. The number of halogens is 1. The summed E-state index contributed by atoms with van der Waals surface area (Å²) in [6, 6.07) is 15.5. The van der Waals surface area contributed by atoms with Gasteiger partial charge in [0, 0.05) is 17.1 Å². The molecule has 0 spiro atoms. The topological polar surface area (TPSA) is 66.5 Å². The van der Waals surface area contributed by atoms with Gasteiger partial charge in [-0.1, -0.05) is 54.1 Å². The van der Waals surface area contributed by atoms with Crippen LogP contribution in [0, 0.1) is 35.5 Å². The van der Waals surface area contributed by atoms with E-state index >= 15 is 0 Å². The van der Waals surface area contributed by atoms with E-state index in [1.165, 1.54) is 4.90 Å². The molecule has 0 radical (unpaired) electrons. The van der Waals surface area contributed by atoms with Crippen LogP contribution in [0.2, 0.25) is 5.02 Å². The number of anilines is 1. The summed E-state index contributed by atoms with van der Waals surface area (Å²) in [7, 11) is 0. The lowest BCUT2D eigenvalue weighted by Gasteiger charge is -2.37. The Morgan fingerprint density at radius 3 is 2.12 bits per heavy atom. The first-order valence-corrected chi connectivity index (χ1v) is 11.6. The van der Waals surface area contributed by atoms with Crippen LogP contribution in [0.1, 0.15) is 12.0 Å². The van der Waals surface area contributed by atoms with Gasteiger partial charge in [0.05, 0.1) is 11.8 Å². The molecule has 6 heteroatoms. The molecule has 5 nitrogen and oxygen atoms in total. The number of hydrogen-bond acceptors (Lipinski definition) is 3. The van der Waals surface area contributed by atoms with Crippen molar-refractivity contribution in [2.45, 2.75) is 18.9 Å². The highest BCUT2D eigenvalue weighted by molar-refractivity contribution is 6.30. The molecular formula is C26H23ClN2O3. The molecule has 3 fully saturated rings. The Morgan fingerprint density at radius 1 is 0.938 bits per heavy atom. The zero-order chi connectivity index (χ0) is 22.0. The molecule has 2 aromatic carbocycles. The molecule has 2 aromatic rings. The summed E-state index contributed by atoms with van der Waals surface area (Å²) < 4.78 is 0. The molecular weight excluding hydrogens is 424 g/mol. The van der Waals surface area contributed by atoms with Crippen molar-refractivity contribution in [2.75, 3.05) is 5.32 Å². The molecule has 2 bridgehead atoms. The molecule has 2 saturated carbocycles. The second-order valence-electron chi connectivity index (χ2n) is 9.40. The fraction of sp³-hybridized carbons (Fsp3) is 0.346. The van der Waals surface area contributed by atoms with Gasteiger partial charge in [0.15, 0.2) is 0 Å². The highest BCUT2D eigenvalue weighted by Crippen LogP contribution is 2.65. The normalized spacial score (nSPS) is 32.5. The summed E-state index contributed by atoms with van der Waals surface area (Å²) >= 11 is 5.96. The predicted octanol–water partition coefficient (Wildman–Crippen LogP) is 3.94. The number of allylic oxidation sites excluding steroid dienone is 2. The van der Waals surface area contributed by atoms with Crippen LogP contribution >= 0.6 is 11.6 Å². The largest absolute Gasteiger partial charge is 0.324 e. The number of nitrogens with zero attached hydrogens (tertiary/aromatic N) is 1. The standard InChI is InChI=1S/C26H23ClN2O3/c27-15-6-8-16(9-7-15)28-24(30)21(12-14-4-2-1-3-5-14)29-25(31)22-17-10-11-18(20-13-19(17)20)23(22)26(29)32/h1-11,17-23H,12-13H2,(H,28,30)/t17-,18-,19-,20-,21-,22-,23+/m0/s1. The van der Waals surface area contributed by atoms with Gasteiger partial charge in [0.2, 0.25) is 17.7 Å². The van der Waals surface area contributed by atoms with Crippen molar-refractivity contribution in [3.63, 3.8) is 0 Å². The summed E-state index contributed by atoms with van der Waals surface area (Å²) in [5, 5.41) is 3.45. The number of benzene rings is 2. The Morgan fingerprint density at radius 2 is 1.53 bits per heavy atom. The molecule has 1 saturated heterocycles. The second kappa shape index (κ2) is 7.31. The molecule has 32 heavy (non-hydrogen) atoms. The van der Waals surface area contributed by atoms with Crippen molar-refractivity contribution in [1.82, 2.24) is 4.90 Å². The first-order chi connectivity index (χ1) is 15.5. The van der Waals surface area contributed by atoms with E-state index in [-0.39, 0.29) is 47.8 Å². The Bertz CT molecular complexity index is 1090. The van der Waals surface area contributed by atoms with Crippen molar-refractivity contribution in [1.29, 1.82) is 0 Å². The highest BCUT2D eigenvalue weighted by atomic mass is 35.5. The summed E-state index contributed by atoms with van der Waals surface area (Å²) in [4.78, 5) is 41.9. The van der Waals surface area contributed by atoms with Gasteiger partial charge in [0.25, 0.3) is 0 Å². The molecule has 0 unspecified atom stereocenters. The SMILES string of the molecule is O=C(Nc1ccc(Cl)cc1)[C@H](Cc1ccccc1)N1C(=O)[C@@H]2[C@H]3C=C[C@@H]([C@@H]4C[C@@H]34)[C@@H]2C1=O. The average molecular weight is 447 g/mol. The molecule has 1 heterocycles. The van der Waals surface area contributed by atoms with Crippen molar-refractivity contribution in [3.05, 3.63) is 77.3 Å². The molecule has 0 aromatic heterocycles. The lowest BCUT2D eigenvalue weighted by Crippen LogP contribution is -2.49. The van der Waals surface area contributed by atoms with Gasteiger partial charge in [-0.05, 0) is 59.9 Å². The van der Waals surface area contributed by atoms with Crippen LogP contribution in [0.25, 0.3) is 0 Å². The third kappa shape index (κ3) is 3.02. The van der Waals surface area contributed by atoms with Gasteiger partial charge < -0.3 is 5.32 Å². The molecule has 1 aliphatic heterocycles. The van der Waals surface area contributed by atoms with E-state index in [9.17, 15) is 14.4 Å². The van der Waals surface area contributed by atoms with Crippen LogP contribution in [0.15, 0.2) is 66.7 Å². The van der Waals surface area contributed by atoms with E-state index in [4.69, 9.17) is 11.6 Å². The number of carbonyl (C=O) groups excluding carboxylic acids is 3. The number of carbonyl (C=O) groups is 3. The number of hydrogen-bond donors (Lipinski definition) is 1. The fourth-order valence-electron chi connectivity index (χ4n) is 6.18. The lowest BCUT2D eigenvalue weighted by molar-refractivity contribution is -0.146. The summed E-state index contributed by atoms with van der Waals surface area (Å²) in [5.74, 6) is -0.0420. The van der Waals surface area contributed by atoms with Gasteiger partial charge in [-0.3, -0.25) is 19.3 Å². The maximum absolute atomic E-state index is 13.6. The fourth-order valence-corrected chi connectivity index (χ4v) is 6.31. The van der Waals surface area contributed by atoms with Crippen LogP contribution in [-0.4, -0.2) is 28.7 Å². The van der Waals surface area contributed by atoms with Crippen LogP contribution in [-0.2, 0) is 20.8 Å². The van der Waals surface area contributed by atoms with Gasteiger partial charge in [-0.2, -0.15) is 0 Å². The van der Waals surface area contributed by atoms with Crippen LogP contribution in [0.5, 0.6) is 0 Å². The zero-order valence-electron chi connectivity index (χ0n) is 17.4. The van der Waals surface area contributed by atoms with Gasteiger partial charge >= 0.3 is 0 Å². The Labute approximate surface area is 191 Å². The van der Waals surface area contributed by atoms with Crippen molar-refractivity contribution >= 4 is 35.0 Å². The Balaban J connectivity index is 1.33. The highest BCUT2D eigenvalue weighted by Gasteiger charge is 2.67. The van der Waals surface area contributed by atoms with Gasteiger partial charge in [-0.25, -0.2) is 0 Å². The molecule has 4 aliphatic carbocycles. The Hall–Kier alpha value is -2.92. The number of imide groups is 1. The first-order valence-electron chi connectivity index (χ1n) is 11.2. The van der Waals surface area contributed by atoms with E-state index in [2.05, 4.69) is 17.5 Å². The molecule has 162 valence electrons. The van der Waals surface area contributed by atoms with E-state index in [0.29, 0.717) is 22.5 Å². The third-order valence-corrected chi connectivity index (χ3v) is 7.95. The zero-order valence-corrected chi connectivity index (χ0v) is 18.1. The quantitative estimate of drug-likeness (QED) is 0.558. The third-order valence-electron chi connectivity index (χ3n) is 7.69. The maximum atomic E-state index is 13.6. The van der Waals surface area contributed by atoms with E-state index in [1.54, 1.807) is 24.3 Å². The maximum Gasteiger partial charge on any atom is 0.248 e. The minimum absolute atomic E-state index is 0.133. The number of amides is 3. The lowest BCUT2D eigenvalue weighted by atomic mass is 9.63. The van der Waals surface area contributed by atoms with Crippen molar-refractivity contribution in [3.8, 4) is 0 Å². The van der Waals surface area contributed by atoms with Crippen LogP contribution in [0.3, 0.4) is 0 Å². The van der Waals surface area contributed by atoms with Crippen molar-refractivity contribution < 1.29 is 14.4 Å².